The first kappa shape index (κ1) is 16.8. The predicted octanol–water partition coefficient (Wildman–Crippen LogP) is 2.82. The average Bonchev–Trinajstić information content (AvgIpc) is 3.07. The second-order valence-corrected chi connectivity index (χ2v) is 6.52. The summed E-state index contributed by atoms with van der Waals surface area (Å²) in [6.45, 7) is 4.70. The van der Waals surface area contributed by atoms with Crippen molar-refractivity contribution in [1.29, 1.82) is 0 Å². The first-order chi connectivity index (χ1) is 11.9. The molecule has 25 heavy (non-hydrogen) atoms. The molecule has 6 heteroatoms. The minimum absolute atomic E-state index is 0.150. The number of ether oxygens (including phenoxy) is 2. The molecular formula is C19H19NO5. The van der Waals surface area contributed by atoms with Crippen molar-refractivity contribution in [3.05, 3.63) is 59.2 Å². The molecule has 0 fully saturated rings. The number of hydrogen-bond donors (Lipinski definition) is 2. The van der Waals surface area contributed by atoms with E-state index in [0.29, 0.717) is 17.9 Å². The molecule has 0 radical (unpaired) electrons. The lowest BCUT2D eigenvalue weighted by Crippen LogP contribution is -2.36. The van der Waals surface area contributed by atoms with E-state index in [1.54, 1.807) is 0 Å². The smallest absolute Gasteiger partial charge is 0.335 e. The van der Waals surface area contributed by atoms with Crippen LogP contribution in [0.25, 0.3) is 0 Å². The van der Waals surface area contributed by atoms with Crippen molar-refractivity contribution >= 4 is 11.9 Å². The number of aromatic carboxylic acids is 1. The van der Waals surface area contributed by atoms with Gasteiger partial charge in [0.2, 0.25) is 6.79 Å². The summed E-state index contributed by atoms with van der Waals surface area (Å²) in [7, 11) is 0. The van der Waals surface area contributed by atoms with Crippen LogP contribution in [0.4, 0.5) is 0 Å². The third-order valence-corrected chi connectivity index (χ3v) is 4.24. The number of carbonyl (C=O) groups excluding carboxylic acids is 1. The SMILES string of the molecule is CC(C)(CNC(=O)c1ccc(C(=O)O)cc1)c1ccc2c(c1)OCO2. The number of nitrogens with one attached hydrogen (secondary N) is 1. The van der Waals surface area contributed by atoms with Crippen molar-refractivity contribution in [1.82, 2.24) is 5.32 Å². The fourth-order valence-corrected chi connectivity index (χ4v) is 2.59. The predicted molar refractivity (Wildman–Crippen MR) is 91.3 cm³/mol. The van der Waals surface area contributed by atoms with Gasteiger partial charge in [0.1, 0.15) is 0 Å². The normalized spacial score (nSPS) is 12.7. The maximum absolute atomic E-state index is 12.3. The molecule has 0 saturated heterocycles. The van der Waals surface area contributed by atoms with Crippen LogP contribution in [0.3, 0.4) is 0 Å². The summed E-state index contributed by atoms with van der Waals surface area (Å²) in [4.78, 5) is 23.1. The Morgan fingerprint density at radius 1 is 1.04 bits per heavy atom. The number of rotatable bonds is 5. The summed E-state index contributed by atoms with van der Waals surface area (Å²) >= 11 is 0. The lowest BCUT2D eigenvalue weighted by Gasteiger charge is -2.26. The second-order valence-electron chi connectivity index (χ2n) is 6.52. The van der Waals surface area contributed by atoms with Crippen LogP contribution in [0.5, 0.6) is 11.5 Å². The zero-order valence-electron chi connectivity index (χ0n) is 14.0. The van der Waals surface area contributed by atoms with Gasteiger partial charge in [-0.3, -0.25) is 4.79 Å². The van der Waals surface area contributed by atoms with Crippen LogP contribution in [0.1, 0.15) is 40.1 Å². The number of carboxylic acid groups (broad SMARTS) is 1. The second kappa shape index (κ2) is 6.47. The van der Waals surface area contributed by atoms with Gasteiger partial charge in [0.15, 0.2) is 11.5 Å². The van der Waals surface area contributed by atoms with Gasteiger partial charge in [-0.1, -0.05) is 19.9 Å². The van der Waals surface area contributed by atoms with Crippen molar-refractivity contribution in [3.63, 3.8) is 0 Å². The van der Waals surface area contributed by atoms with E-state index in [1.807, 2.05) is 32.0 Å². The Kier molecular flexibility index (Phi) is 4.35. The Morgan fingerprint density at radius 2 is 1.68 bits per heavy atom. The van der Waals surface area contributed by atoms with Crippen LogP contribution in [0, 0.1) is 0 Å². The third kappa shape index (κ3) is 3.57. The largest absolute Gasteiger partial charge is 0.478 e. The van der Waals surface area contributed by atoms with E-state index >= 15 is 0 Å². The minimum atomic E-state index is -1.02. The molecule has 0 aliphatic carbocycles. The molecule has 0 saturated carbocycles. The lowest BCUT2D eigenvalue weighted by atomic mass is 9.84. The molecule has 0 aromatic heterocycles. The molecule has 0 spiro atoms. The fraction of sp³-hybridized carbons (Fsp3) is 0.263. The summed E-state index contributed by atoms with van der Waals surface area (Å²) in [5.74, 6) is 0.171. The van der Waals surface area contributed by atoms with Gasteiger partial charge in [0.25, 0.3) is 5.91 Å². The Labute approximate surface area is 145 Å². The van der Waals surface area contributed by atoms with Gasteiger partial charge >= 0.3 is 5.97 Å². The van der Waals surface area contributed by atoms with E-state index in [4.69, 9.17) is 14.6 Å². The van der Waals surface area contributed by atoms with Gasteiger partial charge < -0.3 is 19.9 Å². The molecule has 3 rings (SSSR count). The number of fused-ring (bicyclic) bond motifs is 1. The highest BCUT2D eigenvalue weighted by molar-refractivity contribution is 5.95. The third-order valence-electron chi connectivity index (χ3n) is 4.24. The summed E-state index contributed by atoms with van der Waals surface area (Å²) in [5, 5.41) is 11.8. The van der Waals surface area contributed by atoms with Crippen molar-refractivity contribution in [2.75, 3.05) is 13.3 Å². The zero-order valence-corrected chi connectivity index (χ0v) is 14.0. The molecule has 1 heterocycles. The van der Waals surface area contributed by atoms with Gasteiger partial charge in [-0.15, -0.1) is 0 Å². The van der Waals surface area contributed by atoms with Crippen LogP contribution in [0.15, 0.2) is 42.5 Å². The molecule has 2 aromatic carbocycles. The summed E-state index contributed by atoms with van der Waals surface area (Å²) in [6.07, 6.45) is 0. The maximum Gasteiger partial charge on any atom is 0.335 e. The number of carboxylic acids is 1. The van der Waals surface area contributed by atoms with Gasteiger partial charge in [0.05, 0.1) is 5.56 Å². The van der Waals surface area contributed by atoms with Crippen molar-refractivity contribution in [3.8, 4) is 11.5 Å². The van der Waals surface area contributed by atoms with Crippen molar-refractivity contribution < 1.29 is 24.2 Å². The van der Waals surface area contributed by atoms with E-state index in [1.165, 1.54) is 24.3 Å². The summed E-state index contributed by atoms with van der Waals surface area (Å²) in [5.41, 5.74) is 1.29. The molecule has 0 unspecified atom stereocenters. The monoisotopic (exact) mass is 341 g/mol. The summed E-state index contributed by atoms with van der Waals surface area (Å²) < 4.78 is 10.7. The average molecular weight is 341 g/mol. The van der Waals surface area contributed by atoms with Gasteiger partial charge in [-0.2, -0.15) is 0 Å². The van der Waals surface area contributed by atoms with Gasteiger partial charge in [0, 0.05) is 17.5 Å². The first-order valence-electron chi connectivity index (χ1n) is 7.88. The first-order valence-corrected chi connectivity index (χ1v) is 7.88. The van der Waals surface area contributed by atoms with Crippen molar-refractivity contribution in [2.45, 2.75) is 19.3 Å². The van der Waals surface area contributed by atoms with E-state index < -0.39 is 5.97 Å². The standard InChI is InChI=1S/C19H19NO5/c1-19(2,14-7-8-15-16(9-14)25-11-24-15)10-20-17(21)12-3-5-13(6-4-12)18(22)23/h3-9H,10-11H2,1-2H3,(H,20,21)(H,22,23). The highest BCUT2D eigenvalue weighted by atomic mass is 16.7. The van der Waals surface area contributed by atoms with Crippen LogP contribution >= 0.6 is 0 Å². The Morgan fingerprint density at radius 3 is 2.36 bits per heavy atom. The molecule has 1 aliphatic rings. The van der Waals surface area contributed by atoms with Gasteiger partial charge in [-0.05, 0) is 42.0 Å². The highest BCUT2D eigenvalue weighted by Gasteiger charge is 2.25. The molecule has 1 amide bonds. The molecule has 2 N–H and O–H groups in total. The molecular weight excluding hydrogens is 322 g/mol. The van der Waals surface area contributed by atoms with E-state index in [9.17, 15) is 9.59 Å². The van der Waals surface area contributed by atoms with Gasteiger partial charge in [-0.25, -0.2) is 4.79 Å². The molecule has 1 aliphatic heterocycles. The molecule has 0 bridgehead atoms. The van der Waals surface area contributed by atoms with Crippen LogP contribution < -0.4 is 14.8 Å². The van der Waals surface area contributed by atoms with Crippen LogP contribution in [-0.4, -0.2) is 30.3 Å². The molecule has 0 atom stereocenters. The number of carbonyl (C=O) groups is 2. The lowest BCUT2D eigenvalue weighted by molar-refractivity contribution is 0.0696. The Bertz CT molecular complexity index is 811. The Hall–Kier alpha value is -3.02. The van der Waals surface area contributed by atoms with Crippen molar-refractivity contribution in [2.24, 2.45) is 0 Å². The Balaban J connectivity index is 1.67. The fourth-order valence-electron chi connectivity index (χ4n) is 2.59. The summed E-state index contributed by atoms with van der Waals surface area (Å²) in [6, 6.07) is 11.6. The number of benzene rings is 2. The highest BCUT2D eigenvalue weighted by Crippen LogP contribution is 2.36. The maximum atomic E-state index is 12.3. The van der Waals surface area contributed by atoms with E-state index in [-0.39, 0.29) is 23.7 Å². The molecule has 130 valence electrons. The van der Waals surface area contributed by atoms with Crippen LogP contribution in [0.2, 0.25) is 0 Å². The topological polar surface area (TPSA) is 84.9 Å². The van der Waals surface area contributed by atoms with E-state index in [0.717, 1.165) is 11.3 Å². The van der Waals surface area contributed by atoms with Crippen LogP contribution in [-0.2, 0) is 5.41 Å². The zero-order chi connectivity index (χ0) is 18.0. The number of amides is 1. The molecule has 6 nitrogen and oxygen atoms in total. The van der Waals surface area contributed by atoms with E-state index in [2.05, 4.69) is 5.32 Å². The minimum Gasteiger partial charge on any atom is -0.478 e. The quantitative estimate of drug-likeness (QED) is 0.873. The number of hydrogen-bond acceptors (Lipinski definition) is 4. The molecule has 2 aromatic rings.